The fourth-order valence-electron chi connectivity index (χ4n) is 1.42. The van der Waals surface area contributed by atoms with Gasteiger partial charge in [-0.05, 0) is 31.9 Å². The highest BCUT2D eigenvalue weighted by Crippen LogP contribution is 2.08. The number of ether oxygens (including phenoxy) is 1. The van der Waals surface area contributed by atoms with Crippen LogP contribution in [0.1, 0.15) is 26.7 Å². The molecule has 0 aliphatic heterocycles. The van der Waals surface area contributed by atoms with Gasteiger partial charge in [-0.15, -0.1) is 0 Å². The molecule has 4 nitrogen and oxygen atoms in total. The first-order valence-electron chi connectivity index (χ1n) is 6.39. The lowest BCUT2D eigenvalue weighted by atomic mass is 10.4. The van der Waals surface area contributed by atoms with E-state index in [1.807, 2.05) is 25.1 Å². The van der Waals surface area contributed by atoms with Crippen molar-refractivity contribution >= 4 is 11.6 Å². The average molecular weight is 237 g/mol. The van der Waals surface area contributed by atoms with E-state index in [1.165, 1.54) is 0 Å². The molecule has 0 aliphatic rings. The molecule has 4 heteroatoms. The number of hydrogen-bond acceptors (Lipinski definition) is 4. The predicted molar refractivity (Wildman–Crippen MR) is 72.6 cm³/mol. The Morgan fingerprint density at radius 2 is 1.82 bits per heavy atom. The van der Waals surface area contributed by atoms with Gasteiger partial charge in [-0.1, -0.05) is 13.0 Å². The van der Waals surface area contributed by atoms with E-state index in [0.717, 1.165) is 50.8 Å². The van der Waals surface area contributed by atoms with Gasteiger partial charge in [0, 0.05) is 26.3 Å². The Hall–Kier alpha value is -1.29. The topological polar surface area (TPSA) is 46.2 Å². The Morgan fingerprint density at radius 1 is 1.12 bits per heavy atom. The molecule has 0 fully saturated rings. The Kier molecular flexibility index (Phi) is 7.14. The first-order chi connectivity index (χ1) is 8.36. The minimum atomic E-state index is 0.786. The molecule has 0 bridgehead atoms. The van der Waals surface area contributed by atoms with Gasteiger partial charge in [0.25, 0.3) is 0 Å². The zero-order valence-corrected chi connectivity index (χ0v) is 10.8. The van der Waals surface area contributed by atoms with Gasteiger partial charge < -0.3 is 15.4 Å². The third-order valence-electron chi connectivity index (χ3n) is 2.28. The van der Waals surface area contributed by atoms with Crippen LogP contribution in [0.15, 0.2) is 18.2 Å². The maximum atomic E-state index is 5.28. The standard InChI is InChI=1S/C13H23N3O/c1-3-9-14-12-7-5-8-13(16-12)15-10-6-11-17-4-2/h5,7-8H,3-4,6,9-11H2,1-2H3,(H2,14,15,16). The van der Waals surface area contributed by atoms with Crippen LogP contribution in [0.2, 0.25) is 0 Å². The molecule has 1 aromatic rings. The second-order valence-corrected chi connectivity index (χ2v) is 3.81. The zero-order valence-electron chi connectivity index (χ0n) is 10.8. The molecule has 0 saturated carbocycles. The summed E-state index contributed by atoms with van der Waals surface area (Å²) in [6.07, 6.45) is 2.11. The summed E-state index contributed by atoms with van der Waals surface area (Å²) in [5.41, 5.74) is 0. The van der Waals surface area contributed by atoms with Crippen molar-refractivity contribution in [2.45, 2.75) is 26.7 Å². The quantitative estimate of drug-likeness (QED) is 0.648. The Bertz CT molecular complexity index is 304. The van der Waals surface area contributed by atoms with E-state index >= 15 is 0 Å². The third-order valence-corrected chi connectivity index (χ3v) is 2.28. The van der Waals surface area contributed by atoms with E-state index in [1.54, 1.807) is 0 Å². The van der Waals surface area contributed by atoms with Crippen molar-refractivity contribution in [2.24, 2.45) is 0 Å². The van der Waals surface area contributed by atoms with Crippen LogP contribution in [-0.4, -0.2) is 31.3 Å². The number of rotatable bonds is 9. The molecule has 96 valence electrons. The second-order valence-electron chi connectivity index (χ2n) is 3.81. The van der Waals surface area contributed by atoms with Crippen molar-refractivity contribution in [1.29, 1.82) is 0 Å². The van der Waals surface area contributed by atoms with Crippen LogP contribution in [-0.2, 0) is 4.74 Å². The van der Waals surface area contributed by atoms with Gasteiger partial charge in [-0.3, -0.25) is 0 Å². The zero-order chi connectivity index (χ0) is 12.3. The van der Waals surface area contributed by atoms with Gasteiger partial charge in [0.05, 0.1) is 0 Å². The van der Waals surface area contributed by atoms with Gasteiger partial charge in [0.2, 0.25) is 0 Å². The Morgan fingerprint density at radius 3 is 2.47 bits per heavy atom. The summed E-state index contributed by atoms with van der Waals surface area (Å²) >= 11 is 0. The molecule has 2 N–H and O–H groups in total. The minimum Gasteiger partial charge on any atom is -0.382 e. The van der Waals surface area contributed by atoms with E-state index in [4.69, 9.17) is 4.74 Å². The Labute approximate surface area is 104 Å². The number of pyridine rings is 1. The molecular weight excluding hydrogens is 214 g/mol. The summed E-state index contributed by atoms with van der Waals surface area (Å²) in [5.74, 6) is 1.85. The highest BCUT2D eigenvalue weighted by molar-refractivity contribution is 5.44. The SMILES string of the molecule is CCCNc1cccc(NCCCOCC)n1. The van der Waals surface area contributed by atoms with Crippen molar-refractivity contribution < 1.29 is 4.74 Å². The van der Waals surface area contributed by atoms with Crippen LogP contribution in [0.25, 0.3) is 0 Å². The van der Waals surface area contributed by atoms with Crippen LogP contribution >= 0.6 is 0 Å². The molecule has 0 atom stereocenters. The molecule has 0 saturated heterocycles. The van der Waals surface area contributed by atoms with Crippen LogP contribution < -0.4 is 10.6 Å². The molecule has 0 spiro atoms. The van der Waals surface area contributed by atoms with Crippen LogP contribution in [0.3, 0.4) is 0 Å². The molecule has 0 amide bonds. The fourth-order valence-corrected chi connectivity index (χ4v) is 1.42. The summed E-state index contributed by atoms with van der Waals surface area (Å²) in [6, 6.07) is 5.98. The first kappa shape index (κ1) is 13.8. The van der Waals surface area contributed by atoms with Crippen molar-refractivity contribution in [2.75, 3.05) is 36.9 Å². The smallest absolute Gasteiger partial charge is 0.128 e. The number of aromatic nitrogens is 1. The molecule has 1 rings (SSSR count). The van der Waals surface area contributed by atoms with E-state index in [9.17, 15) is 0 Å². The Balaban J connectivity index is 2.27. The highest BCUT2D eigenvalue weighted by Gasteiger charge is 1.96. The maximum Gasteiger partial charge on any atom is 0.128 e. The summed E-state index contributed by atoms with van der Waals surface area (Å²) in [4.78, 5) is 4.47. The summed E-state index contributed by atoms with van der Waals surface area (Å²) in [7, 11) is 0. The molecule has 17 heavy (non-hydrogen) atoms. The average Bonchev–Trinajstić information content (AvgIpc) is 2.37. The highest BCUT2D eigenvalue weighted by atomic mass is 16.5. The monoisotopic (exact) mass is 237 g/mol. The van der Waals surface area contributed by atoms with E-state index < -0.39 is 0 Å². The van der Waals surface area contributed by atoms with E-state index in [2.05, 4.69) is 22.5 Å². The lowest BCUT2D eigenvalue weighted by Crippen LogP contribution is -2.08. The van der Waals surface area contributed by atoms with E-state index in [0.29, 0.717) is 0 Å². The maximum absolute atomic E-state index is 5.28. The lowest BCUT2D eigenvalue weighted by Gasteiger charge is -2.08. The van der Waals surface area contributed by atoms with Crippen LogP contribution in [0.4, 0.5) is 11.6 Å². The molecule has 0 unspecified atom stereocenters. The van der Waals surface area contributed by atoms with Crippen molar-refractivity contribution in [3.63, 3.8) is 0 Å². The molecular formula is C13H23N3O. The fraction of sp³-hybridized carbons (Fsp3) is 0.615. The molecule has 1 aromatic heterocycles. The normalized spacial score (nSPS) is 10.2. The largest absolute Gasteiger partial charge is 0.382 e. The van der Waals surface area contributed by atoms with Gasteiger partial charge in [-0.25, -0.2) is 4.98 Å². The van der Waals surface area contributed by atoms with Crippen LogP contribution in [0.5, 0.6) is 0 Å². The molecule has 0 aliphatic carbocycles. The van der Waals surface area contributed by atoms with Crippen molar-refractivity contribution in [3.8, 4) is 0 Å². The van der Waals surface area contributed by atoms with E-state index in [-0.39, 0.29) is 0 Å². The third kappa shape index (κ3) is 6.12. The minimum absolute atomic E-state index is 0.786. The predicted octanol–water partition coefficient (Wildman–Crippen LogP) is 2.74. The molecule has 0 radical (unpaired) electrons. The first-order valence-corrected chi connectivity index (χ1v) is 6.39. The number of hydrogen-bond donors (Lipinski definition) is 2. The molecule has 1 heterocycles. The van der Waals surface area contributed by atoms with Gasteiger partial charge in [-0.2, -0.15) is 0 Å². The van der Waals surface area contributed by atoms with Gasteiger partial charge in [0.1, 0.15) is 11.6 Å². The second kappa shape index (κ2) is 8.82. The van der Waals surface area contributed by atoms with Gasteiger partial charge >= 0.3 is 0 Å². The molecule has 0 aromatic carbocycles. The van der Waals surface area contributed by atoms with Crippen LogP contribution in [0, 0.1) is 0 Å². The number of nitrogens with one attached hydrogen (secondary N) is 2. The van der Waals surface area contributed by atoms with Crippen molar-refractivity contribution in [1.82, 2.24) is 4.98 Å². The number of nitrogens with zero attached hydrogens (tertiary/aromatic N) is 1. The van der Waals surface area contributed by atoms with Crippen molar-refractivity contribution in [3.05, 3.63) is 18.2 Å². The number of anilines is 2. The summed E-state index contributed by atoms with van der Waals surface area (Å²) in [6.45, 7) is 7.59. The summed E-state index contributed by atoms with van der Waals surface area (Å²) < 4.78 is 5.28. The summed E-state index contributed by atoms with van der Waals surface area (Å²) in [5, 5.41) is 6.56. The van der Waals surface area contributed by atoms with Gasteiger partial charge in [0.15, 0.2) is 0 Å². The lowest BCUT2D eigenvalue weighted by molar-refractivity contribution is 0.147.